The third-order valence-electron chi connectivity index (χ3n) is 13.6. The number of carbonyl (C=O) groups is 3. The van der Waals surface area contributed by atoms with Crippen molar-refractivity contribution in [1.82, 2.24) is 45.1 Å². The topological polar surface area (TPSA) is 181 Å². The second-order valence-corrected chi connectivity index (χ2v) is 21.2. The number of aromatic nitrogens is 10. The van der Waals surface area contributed by atoms with Crippen LogP contribution in [-0.4, -0.2) is 85.6 Å². The summed E-state index contributed by atoms with van der Waals surface area (Å²) in [5.74, 6) is -0.764. The van der Waals surface area contributed by atoms with Gasteiger partial charge in [-0.3, -0.25) is 19.3 Å². The first-order chi connectivity index (χ1) is 38.1. The van der Waals surface area contributed by atoms with Gasteiger partial charge in [-0.2, -0.15) is 0 Å². The van der Waals surface area contributed by atoms with Gasteiger partial charge in [-0.1, -0.05) is 41.6 Å². The van der Waals surface area contributed by atoms with E-state index in [1.165, 1.54) is 28.4 Å². The summed E-state index contributed by atoms with van der Waals surface area (Å²) in [6, 6.07) is 28.2. The van der Waals surface area contributed by atoms with Gasteiger partial charge in [0, 0.05) is 53.6 Å². The molecule has 0 spiro atoms. The molecule has 0 radical (unpaired) electrons. The fourth-order valence-electron chi connectivity index (χ4n) is 9.64. The summed E-state index contributed by atoms with van der Waals surface area (Å²) in [5.41, 5.74) is 14.3. The summed E-state index contributed by atoms with van der Waals surface area (Å²) in [5, 5.41) is 11.9. The minimum atomic E-state index is -0.267. The predicted molar refractivity (Wildman–Crippen MR) is 299 cm³/mol. The predicted octanol–water partition coefficient (Wildman–Crippen LogP) is 6.63. The molecule has 17 nitrogen and oxygen atoms in total. The van der Waals surface area contributed by atoms with E-state index in [1.54, 1.807) is 10.9 Å². The molecule has 8 bridgehead atoms. The number of fused-ring (bicyclic) bond motifs is 8. The maximum absolute atomic E-state index is 13.5. The molecule has 0 fully saturated rings. The second kappa shape index (κ2) is 23.1. The van der Waals surface area contributed by atoms with Gasteiger partial charge in [-0.05, 0) is 80.9 Å². The standard InChI is InChI=1S/C59H50N12O5S2.Zn/c1-67-23-16-38(17-24-67)52-45-10-8-43(61-45)51(37-4-6-41(7-5-37)57(72)60-22-30-75-32-33-76-31-29-70-34-42(65-66-70)35-71-58(73)55-56(59(71)74)78-36-77-55)44-9-11-46(62-44)53(39-18-25-68(2)26-19-39)48-13-15-50(64-48)54(49-14-12-47(52)63-49)40-20-27-69(3)28-21-40;/h4-21,23-28,34H,22,29-33,35-36H2,1-3H3;/q;+2/p+1. The first-order valence-electron chi connectivity index (χ1n) is 25.3. The zero-order valence-electron chi connectivity index (χ0n) is 43.6. The fraction of sp³-hybridized carbons (Fsp3) is 0.186. The molecule has 0 saturated heterocycles. The molecule has 7 aromatic heterocycles. The van der Waals surface area contributed by atoms with Crippen LogP contribution in [0.25, 0.3) is 90.9 Å². The van der Waals surface area contributed by atoms with E-state index >= 15 is 0 Å². The quantitative estimate of drug-likeness (QED) is 0.0472. The van der Waals surface area contributed by atoms with Crippen LogP contribution in [0.4, 0.5) is 0 Å². The number of nitrogens with one attached hydrogen (secondary N) is 1. The van der Waals surface area contributed by atoms with Crippen LogP contribution >= 0.6 is 23.5 Å². The Labute approximate surface area is 475 Å². The SMILES string of the molecule is C[n+]1ccc(-c2c3nc(c(-c4cc[n+](C)cc4)c4ccc([n-]4)c(-c4cc[n+](C)cc4)c4nc(c(-c5ccc(C(=O)NCCOCCOCCn6cc(CN7C(=O)C8=C(SCS8)C7=O)nn6)cc5)c5ccc2[n-]5)C=C4)C=C3)cc1.[Zn+2]. The summed E-state index contributed by atoms with van der Waals surface area (Å²) >= 11 is 2.81. The van der Waals surface area contributed by atoms with Gasteiger partial charge < -0.3 is 24.8 Å². The fourth-order valence-corrected chi connectivity index (χ4v) is 12.1. The average Bonchev–Trinajstić information content (AvgIpc) is 4.47. The molecule has 4 aliphatic rings. The molecule has 11 heterocycles. The van der Waals surface area contributed by atoms with Crippen LogP contribution in [-0.2, 0) is 72.8 Å². The van der Waals surface area contributed by atoms with Crippen molar-refractivity contribution in [3.63, 3.8) is 0 Å². The third kappa shape index (κ3) is 11.1. The van der Waals surface area contributed by atoms with Crippen molar-refractivity contribution in [1.29, 1.82) is 0 Å². The normalized spacial score (nSPS) is 13.6. The molecule has 4 aliphatic heterocycles. The summed E-state index contributed by atoms with van der Waals surface area (Å²) in [7, 11) is 6.00. The Morgan fingerprint density at radius 3 is 1.44 bits per heavy atom. The maximum atomic E-state index is 13.5. The third-order valence-corrected chi connectivity index (χ3v) is 16.0. The van der Waals surface area contributed by atoms with Crippen LogP contribution in [0, 0.1) is 0 Å². The minimum absolute atomic E-state index is 0. The molecular weight excluding hydrogens is 1090 g/mol. The molecule has 0 unspecified atom stereocenters. The molecular formula is C59H51N12O5S2Zn+3. The van der Waals surface area contributed by atoms with Crippen molar-refractivity contribution < 1.29 is 57.0 Å². The van der Waals surface area contributed by atoms with E-state index in [4.69, 9.17) is 29.4 Å². The number of nitrogens with zero attached hydrogens (tertiary/aromatic N) is 11. The Bertz CT molecular complexity index is 3880. The van der Waals surface area contributed by atoms with Crippen molar-refractivity contribution in [3.8, 4) is 44.5 Å². The number of carbonyl (C=O) groups excluding carboxylic acids is 3. The van der Waals surface area contributed by atoms with Crippen LogP contribution in [0.3, 0.4) is 0 Å². The van der Waals surface area contributed by atoms with Crippen molar-refractivity contribution in [2.75, 3.05) is 38.1 Å². The molecule has 12 rings (SSSR count). The summed E-state index contributed by atoms with van der Waals surface area (Å²) in [6.07, 6.45) is 22.1. The number of benzene rings is 1. The van der Waals surface area contributed by atoms with Crippen LogP contribution in [0.1, 0.15) is 38.8 Å². The van der Waals surface area contributed by atoms with Gasteiger partial charge in [0.15, 0.2) is 37.2 Å². The zero-order chi connectivity index (χ0) is 53.3. The molecule has 0 aliphatic carbocycles. The molecule has 0 atom stereocenters. The van der Waals surface area contributed by atoms with Crippen LogP contribution in [0.2, 0.25) is 0 Å². The van der Waals surface area contributed by atoms with E-state index < -0.39 is 0 Å². The Balaban J connectivity index is 0.00000660. The average molecular weight is 1140 g/mol. The van der Waals surface area contributed by atoms with Gasteiger partial charge in [0.05, 0.1) is 78.3 Å². The number of rotatable bonds is 16. The first kappa shape index (κ1) is 53.0. The van der Waals surface area contributed by atoms with Crippen molar-refractivity contribution in [2.45, 2.75) is 13.1 Å². The number of aryl methyl sites for hydroxylation is 3. The van der Waals surface area contributed by atoms with E-state index in [1.807, 2.05) is 121 Å². The molecule has 3 amide bonds. The van der Waals surface area contributed by atoms with Crippen molar-refractivity contribution >= 4 is 87.6 Å². The molecule has 20 heteroatoms. The van der Waals surface area contributed by atoms with Gasteiger partial charge in [0.25, 0.3) is 17.7 Å². The Hall–Kier alpha value is -8.00. The van der Waals surface area contributed by atoms with E-state index in [9.17, 15) is 14.4 Å². The van der Waals surface area contributed by atoms with E-state index in [-0.39, 0.29) is 43.7 Å². The molecule has 1 N–H and O–H groups in total. The Morgan fingerprint density at radius 2 is 1.00 bits per heavy atom. The number of amides is 3. The summed E-state index contributed by atoms with van der Waals surface area (Å²) in [4.78, 5) is 62.6. The Kier molecular flexibility index (Phi) is 15.5. The number of thioether (sulfide) groups is 2. The van der Waals surface area contributed by atoms with Crippen LogP contribution in [0.15, 0.2) is 138 Å². The molecule has 388 valence electrons. The summed E-state index contributed by atoms with van der Waals surface area (Å²) < 4.78 is 19.1. The molecule has 8 aromatic rings. The number of ether oxygens (including phenoxy) is 2. The molecule has 1 aromatic carbocycles. The molecule has 0 saturated carbocycles. The number of hydrogen-bond acceptors (Lipinski definition) is 11. The van der Waals surface area contributed by atoms with Crippen molar-refractivity contribution in [2.24, 2.45) is 21.1 Å². The first-order valence-corrected chi connectivity index (χ1v) is 27.3. The van der Waals surface area contributed by atoms with Gasteiger partial charge in [0.1, 0.15) is 26.8 Å². The second-order valence-electron chi connectivity index (χ2n) is 18.9. The van der Waals surface area contributed by atoms with Crippen LogP contribution in [0.5, 0.6) is 0 Å². The van der Waals surface area contributed by atoms with Gasteiger partial charge in [0.2, 0.25) is 0 Å². The van der Waals surface area contributed by atoms with Gasteiger partial charge >= 0.3 is 19.5 Å². The largest absolute Gasteiger partial charge is 2.00 e. The van der Waals surface area contributed by atoms with Crippen LogP contribution < -0.4 is 29.0 Å². The number of hydrogen-bond donors (Lipinski definition) is 1. The van der Waals surface area contributed by atoms with E-state index in [2.05, 4.69) is 76.3 Å². The maximum Gasteiger partial charge on any atom is 2.00 e. The Morgan fingerprint density at radius 1 is 0.582 bits per heavy atom. The molecule has 79 heavy (non-hydrogen) atoms. The number of imide groups is 1. The minimum Gasteiger partial charge on any atom is -0.657 e. The van der Waals surface area contributed by atoms with Gasteiger partial charge in [-0.15, -0.1) is 50.7 Å². The van der Waals surface area contributed by atoms with Gasteiger partial charge in [-0.25, -0.2) is 28.4 Å². The number of pyridine rings is 3. The van der Waals surface area contributed by atoms with E-state index in [0.717, 1.165) is 78.1 Å². The monoisotopic (exact) mass is 1140 g/mol. The van der Waals surface area contributed by atoms with E-state index in [0.29, 0.717) is 76.9 Å². The van der Waals surface area contributed by atoms with Crippen molar-refractivity contribution in [3.05, 3.63) is 172 Å². The smallest absolute Gasteiger partial charge is 0.657 e. The zero-order valence-corrected chi connectivity index (χ0v) is 48.2. The summed E-state index contributed by atoms with van der Waals surface area (Å²) in [6.45, 7) is 2.16.